The number of hydrogen-bond donors (Lipinski definition) is 1. The van der Waals surface area contributed by atoms with Gasteiger partial charge in [-0.25, -0.2) is 4.98 Å². The van der Waals surface area contributed by atoms with E-state index in [0.29, 0.717) is 25.1 Å². The number of ether oxygens (including phenoxy) is 2. The van der Waals surface area contributed by atoms with Crippen LogP contribution < -0.4 is 14.8 Å². The zero-order valence-corrected chi connectivity index (χ0v) is 12.7. The van der Waals surface area contributed by atoms with E-state index in [0.717, 1.165) is 17.0 Å². The van der Waals surface area contributed by atoms with Gasteiger partial charge >= 0.3 is 0 Å². The van der Waals surface area contributed by atoms with Crippen LogP contribution in [0.2, 0.25) is 0 Å². The Morgan fingerprint density at radius 1 is 1.14 bits per heavy atom. The van der Waals surface area contributed by atoms with E-state index in [-0.39, 0.29) is 0 Å². The summed E-state index contributed by atoms with van der Waals surface area (Å²) in [7, 11) is 1.65. The molecule has 2 aromatic rings. The van der Waals surface area contributed by atoms with Crippen molar-refractivity contribution < 1.29 is 9.47 Å². The van der Waals surface area contributed by atoms with Gasteiger partial charge in [0.05, 0.1) is 19.0 Å². The van der Waals surface area contributed by atoms with Crippen LogP contribution in [-0.4, -0.2) is 23.1 Å². The first-order valence-electron chi connectivity index (χ1n) is 6.97. The Kier molecular flexibility index (Phi) is 5.51. The fraction of sp³-hybridized carbons (Fsp3) is 0.375. The van der Waals surface area contributed by atoms with Crippen LogP contribution in [0.5, 0.6) is 11.6 Å². The number of nitrogens with one attached hydrogen (secondary N) is 1. The maximum atomic E-state index is 5.67. The SMILES string of the molecule is COc1ccc(COc2cncc(CNC(C)C)n2)cc1. The Labute approximate surface area is 125 Å². The Morgan fingerprint density at radius 2 is 1.90 bits per heavy atom. The standard InChI is InChI=1S/C16H21N3O2/c1-12(2)18-9-14-8-17-10-16(19-14)21-11-13-4-6-15(20-3)7-5-13/h4-8,10,12,18H,9,11H2,1-3H3. The molecular formula is C16H21N3O2. The summed E-state index contributed by atoms with van der Waals surface area (Å²) in [5, 5.41) is 3.30. The average molecular weight is 287 g/mol. The molecule has 0 radical (unpaired) electrons. The van der Waals surface area contributed by atoms with Crippen LogP contribution in [0.4, 0.5) is 0 Å². The van der Waals surface area contributed by atoms with E-state index >= 15 is 0 Å². The summed E-state index contributed by atoms with van der Waals surface area (Å²) < 4.78 is 10.8. The van der Waals surface area contributed by atoms with Gasteiger partial charge in [-0.3, -0.25) is 4.98 Å². The summed E-state index contributed by atoms with van der Waals surface area (Å²) in [6, 6.07) is 8.17. The molecular weight excluding hydrogens is 266 g/mol. The molecule has 0 aliphatic heterocycles. The molecule has 2 rings (SSSR count). The highest BCUT2D eigenvalue weighted by atomic mass is 16.5. The van der Waals surface area contributed by atoms with E-state index in [1.165, 1.54) is 0 Å². The summed E-state index contributed by atoms with van der Waals surface area (Å²) in [6.45, 7) is 5.33. The van der Waals surface area contributed by atoms with Crippen molar-refractivity contribution >= 4 is 0 Å². The van der Waals surface area contributed by atoms with Crippen LogP contribution in [0.15, 0.2) is 36.7 Å². The Hall–Kier alpha value is -2.14. The third-order valence-electron chi connectivity index (χ3n) is 2.90. The highest BCUT2D eigenvalue weighted by Crippen LogP contribution is 2.13. The predicted octanol–water partition coefficient (Wildman–Crippen LogP) is 2.56. The molecule has 1 N–H and O–H groups in total. The van der Waals surface area contributed by atoms with E-state index < -0.39 is 0 Å². The molecule has 0 aliphatic carbocycles. The van der Waals surface area contributed by atoms with Gasteiger partial charge in [0, 0.05) is 18.8 Å². The largest absolute Gasteiger partial charge is 0.497 e. The van der Waals surface area contributed by atoms with E-state index in [1.54, 1.807) is 19.5 Å². The van der Waals surface area contributed by atoms with Crippen molar-refractivity contribution in [3.05, 3.63) is 47.9 Å². The molecule has 112 valence electrons. The lowest BCUT2D eigenvalue weighted by atomic mass is 10.2. The quantitative estimate of drug-likeness (QED) is 0.848. The minimum Gasteiger partial charge on any atom is -0.497 e. The lowest BCUT2D eigenvalue weighted by Crippen LogP contribution is -2.22. The Balaban J connectivity index is 1.91. The molecule has 21 heavy (non-hydrogen) atoms. The summed E-state index contributed by atoms with van der Waals surface area (Å²) in [5.74, 6) is 1.37. The van der Waals surface area contributed by atoms with Crippen LogP contribution in [0.3, 0.4) is 0 Å². The molecule has 0 saturated carbocycles. The van der Waals surface area contributed by atoms with E-state index in [4.69, 9.17) is 9.47 Å². The second-order valence-electron chi connectivity index (χ2n) is 5.02. The Morgan fingerprint density at radius 3 is 2.57 bits per heavy atom. The first kappa shape index (κ1) is 15.3. The van der Waals surface area contributed by atoms with Crippen molar-refractivity contribution in [1.29, 1.82) is 0 Å². The second kappa shape index (κ2) is 7.59. The molecule has 5 heteroatoms. The number of rotatable bonds is 7. The first-order valence-corrected chi connectivity index (χ1v) is 6.97. The molecule has 0 aliphatic rings. The molecule has 1 heterocycles. The Bertz CT molecular complexity index is 556. The van der Waals surface area contributed by atoms with E-state index in [9.17, 15) is 0 Å². The van der Waals surface area contributed by atoms with Gasteiger partial charge in [0.2, 0.25) is 5.88 Å². The van der Waals surface area contributed by atoms with Gasteiger partial charge in [-0.2, -0.15) is 0 Å². The molecule has 0 bridgehead atoms. The minimum atomic E-state index is 0.413. The molecule has 0 fully saturated rings. The van der Waals surface area contributed by atoms with Gasteiger partial charge < -0.3 is 14.8 Å². The molecule has 1 aromatic heterocycles. The van der Waals surface area contributed by atoms with Crippen molar-refractivity contribution in [2.45, 2.75) is 33.0 Å². The normalized spacial score (nSPS) is 10.7. The van der Waals surface area contributed by atoms with Gasteiger partial charge in [-0.15, -0.1) is 0 Å². The van der Waals surface area contributed by atoms with Gasteiger partial charge in [0.15, 0.2) is 0 Å². The third kappa shape index (κ3) is 5.04. The molecule has 0 amide bonds. The molecule has 0 spiro atoms. The van der Waals surface area contributed by atoms with Crippen molar-refractivity contribution in [1.82, 2.24) is 15.3 Å². The van der Waals surface area contributed by atoms with Crippen LogP contribution in [0.25, 0.3) is 0 Å². The smallest absolute Gasteiger partial charge is 0.232 e. The van der Waals surface area contributed by atoms with Crippen LogP contribution in [0, 0.1) is 0 Å². The number of benzene rings is 1. The maximum absolute atomic E-state index is 5.67. The molecule has 1 aromatic carbocycles. The van der Waals surface area contributed by atoms with Crippen LogP contribution >= 0.6 is 0 Å². The van der Waals surface area contributed by atoms with Gasteiger partial charge in [0.1, 0.15) is 12.4 Å². The van der Waals surface area contributed by atoms with Crippen LogP contribution in [-0.2, 0) is 13.2 Å². The molecule has 0 unspecified atom stereocenters. The topological polar surface area (TPSA) is 56.3 Å². The fourth-order valence-electron chi connectivity index (χ4n) is 1.73. The summed E-state index contributed by atoms with van der Waals surface area (Å²) in [6.07, 6.45) is 3.37. The average Bonchev–Trinajstić information content (AvgIpc) is 2.52. The first-order chi connectivity index (χ1) is 10.2. The van der Waals surface area contributed by atoms with Gasteiger partial charge in [-0.1, -0.05) is 26.0 Å². The van der Waals surface area contributed by atoms with E-state index in [1.807, 2.05) is 24.3 Å². The molecule has 0 saturated heterocycles. The number of nitrogens with zero attached hydrogens (tertiary/aromatic N) is 2. The zero-order chi connectivity index (χ0) is 15.1. The summed E-state index contributed by atoms with van der Waals surface area (Å²) in [5.41, 5.74) is 1.93. The van der Waals surface area contributed by atoms with Crippen molar-refractivity contribution in [2.24, 2.45) is 0 Å². The highest BCUT2D eigenvalue weighted by molar-refractivity contribution is 5.27. The van der Waals surface area contributed by atoms with Crippen molar-refractivity contribution in [3.8, 4) is 11.6 Å². The van der Waals surface area contributed by atoms with Gasteiger partial charge in [-0.05, 0) is 17.7 Å². The zero-order valence-electron chi connectivity index (χ0n) is 12.7. The monoisotopic (exact) mass is 287 g/mol. The number of hydrogen-bond acceptors (Lipinski definition) is 5. The molecule has 0 atom stereocenters. The van der Waals surface area contributed by atoms with Crippen molar-refractivity contribution in [2.75, 3.05) is 7.11 Å². The number of aromatic nitrogens is 2. The second-order valence-corrected chi connectivity index (χ2v) is 5.02. The third-order valence-corrected chi connectivity index (χ3v) is 2.90. The minimum absolute atomic E-state index is 0.413. The fourth-order valence-corrected chi connectivity index (χ4v) is 1.73. The number of methoxy groups -OCH3 is 1. The van der Waals surface area contributed by atoms with Crippen LogP contribution in [0.1, 0.15) is 25.1 Å². The lowest BCUT2D eigenvalue weighted by molar-refractivity contribution is 0.291. The van der Waals surface area contributed by atoms with E-state index in [2.05, 4.69) is 29.1 Å². The van der Waals surface area contributed by atoms with Crippen molar-refractivity contribution in [3.63, 3.8) is 0 Å². The summed E-state index contributed by atoms with van der Waals surface area (Å²) >= 11 is 0. The highest BCUT2D eigenvalue weighted by Gasteiger charge is 2.02. The lowest BCUT2D eigenvalue weighted by Gasteiger charge is -2.09. The summed E-state index contributed by atoms with van der Waals surface area (Å²) in [4.78, 5) is 8.58. The maximum Gasteiger partial charge on any atom is 0.232 e. The van der Waals surface area contributed by atoms with Gasteiger partial charge in [0.25, 0.3) is 0 Å². The molecule has 5 nitrogen and oxygen atoms in total. The predicted molar refractivity (Wildman–Crippen MR) is 81.3 cm³/mol.